The molecule has 1 saturated heterocycles. The Bertz CT molecular complexity index is 1020. The Morgan fingerprint density at radius 3 is 2.40 bits per heavy atom. The Kier molecular flexibility index (Phi) is 6.65. The first-order valence-corrected chi connectivity index (χ1v) is 10.6. The van der Waals surface area contributed by atoms with Crippen molar-refractivity contribution in [3.63, 3.8) is 0 Å². The van der Waals surface area contributed by atoms with Crippen LogP contribution in [-0.2, 0) is 14.8 Å². The Balaban J connectivity index is 1.58. The summed E-state index contributed by atoms with van der Waals surface area (Å²) in [6.07, 6.45) is 0. The van der Waals surface area contributed by atoms with E-state index in [1.165, 1.54) is 29.6 Å². The molecule has 30 heavy (non-hydrogen) atoms. The van der Waals surface area contributed by atoms with Crippen molar-refractivity contribution >= 4 is 27.3 Å². The first-order valence-electron chi connectivity index (χ1n) is 9.21. The number of anilines is 1. The number of nitrogens with one attached hydrogen (secondary N) is 1. The molecule has 10 nitrogen and oxygen atoms in total. The predicted octanol–water partition coefficient (Wildman–Crippen LogP) is 1.55. The lowest BCUT2D eigenvalue weighted by Gasteiger charge is -2.33. The van der Waals surface area contributed by atoms with Crippen LogP contribution in [0.5, 0.6) is 5.75 Å². The number of rotatable bonds is 7. The van der Waals surface area contributed by atoms with Crippen molar-refractivity contribution in [2.24, 2.45) is 0 Å². The second-order valence-electron chi connectivity index (χ2n) is 6.68. The second kappa shape index (κ2) is 9.20. The highest BCUT2D eigenvalue weighted by Gasteiger charge is 2.29. The van der Waals surface area contributed by atoms with Gasteiger partial charge in [0.05, 0.1) is 29.5 Å². The molecule has 0 aliphatic carbocycles. The molecule has 2 aromatic rings. The van der Waals surface area contributed by atoms with E-state index in [9.17, 15) is 23.3 Å². The van der Waals surface area contributed by atoms with Gasteiger partial charge in [0.15, 0.2) is 0 Å². The molecule has 0 bridgehead atoms. The average Bonchev–Trinajstić information content (AvgIpc) is 2.75. The highest BCUT2D eigenvalue weighted by molar-refractivity contribution is 7.89. The minimum Gasteiger partial charge on any atom is -0.496 e. The number of benzene rings is 2. The van der Waals surface area contributed by atoms with Gasteiger partial charge >= 0.3 is 0 Å². The summed E-state index contributed by atoms with van der Waals surface area (Å²) in [6.45, 7) is 1.27. The first-order chi connectivity index (χ1) is 14.3. The minimum atomic E-state index is -3.56. The van der Waals surface area contributed by atoms with Crippen LogP contribution in [-0.4, -0.2) is 68.3 Å². The summed E-state index contributed by atoms with van der Waals surface area (Å²) >= 11 is 0. The number of hydrogen-bond acceptors (Lipinski definition) is 7. The molecule has 2 aromatic carbocycles. The SMILES string of the molecule is COc1ccc(NC(=O)CN2CCN(S(=O)(=O)c3ccccc3)CC2)c([N+](=O)[O-])c1. The van der Waals surface area contributed by atoms with Gasteiger partial charge in [0.25, 0.3) is 5.69 Å². The topological polar surface area (TPSA) is 122 Å². The molecule has 1 amide bonds. The number of amides is 1. The number of ether oxygens (including phenoxy) is 1. The number of nitro groups is 1. The number of piperazine rings is 1. The Labute approximate surface area is 174 Å². The fourth-order valence-corrected chi connectivity index (χ4v) is 4.60. The third-order valence-electron chi connectivity index (χ3n) is 4.76. The average molecular weight is 434 g/mol. The molecular formula is C19H22N4O6S. The van der Waals surface area contributed by atoms with Crippen LogP contribution in [0.3, 0.4) is 0 Å². The number of carbonyl (C=O) groups excluding carboxylic acids is 1. The zero-order valence-corrected chi connectivity index (χ0v) is 17.2. The molecule has 11 heteroatoms. The maximum absolute atomic E-state index is 12.7. The molecule has 0 radical (unpaired) electrons. The molecule has 160 valence electrons. The quantitative estimate of drug-likeness (QED) is 0.518. The van der Waals surface area contributed by atoms with Crippen LogP contribution in [0.15, 0.2) is 53.4 Å². The van der Waals surface area contributed by atoms with Crippen molar-refractivity contribution in [1.82, 2.24) is 9.21 Å². The molecule has 1 heterocycles. The van der Waals surface area contributed by atoms with Crippen molar-refractivity contribution in [2.45, 2.75) is 4.90 Å². The highest BCUT2D eigenvalue weighted by atomic mass is 32.2. The summed E-state index contributed by atoms with van der Waals surface area (Å²) in [4.78, 5) is 25.1. The highest BCUT2D eigenvalue weighted by Crippen LogP contribution is 2.29. The van der Waals surface area contributed by atoms with E-state index < -0.39 is 20.9 Å². The lowest BCUT2D eigenvalue weighted by atomic mass is 10.2. The monoisotopic (exact) mass is 434 g/mol. The predicted molar refractivity (Wildman–Crippen MR) is 110 cm³/mol. The molecule has 1 aliphatic heterocycles. The molecule has 1 fully saturated rings. The van der Waals surface area contributed by atoms with E-state index in [0.717, 1.165) is 0 Å². The van der Waals surface area contributed by atoms with Gasteiger partial charge < -0.3 is 10.1 Å². The van der Waals surface area contributed by atoms with Gasteiger partial charge in [-0.25, -0.2) is 8.42 Å². The van der Waals surface area contributed by atoms with Crippen LogP contribution in [0.2, 0.25) is 0 Å². The van der Waals surface area contributed by atoms with Crippen molar-refractivity contribution in [3.8, 4) is 5.75 Å². The smallest absolute Gasteiger partial charge is 0.296 e. The van der Waals surface area contributed by atoms with Crippen LogP contribution in [0.4, 0.5) is 11.4 Å². The Hall–Kier alpha value is -3.02. The van der Waals surface area contributed by atoms with E-state index in [-0.39, 0.29) is 35.9 Å². The van der Waals surface area contributed by atoms with Gasteiger partial charge in [0.1, 0.15) is 11.4 Å². The summed E-state index contributed by atoms with van der Waals surface area (Å²) in [5, 5.41) is 13.8. The fraction of sp³-hybridized carbons (Fsp3) is 0.316. The van der Waals surface area contributed by atoms with Crippen LogP contribution < -0.4 is 10.1 Å². The summed E-state index contributed by atoms with van der Waals surface area (Å²) in [5.41, 5.74) is -0.183. The molecule has 3 rings (SSSR count). The third-order valence-corrected chi connectivity index (χ3v) is 6.67. The van der Waals surface area contributed by atoms with Gasteiger partial charge in [-0.15, -0.1) is 0 Å². The molecule has 0 aromatic heterocycles. The van der Waals surface area contributed by atoms with E-state index in [0.29, 0.717) is 18.8 Å². The number of sulfonamides is 1. The maximum atomic E-state index is 12.7. The van der Waals surface area contributed by atoms with Gasteiger partial charge in [-0.05, 0) is 24.3 Å². The Morgan fingerprint density at radius 1 is 1.13 bits per heavy atom. The molecule has 0 saturated carbocycles. The van der Waals surface area contributed by atoms with Gasteiger partial charge in [0.2, 0.25) is 15.9 Å². The molecule has 0 atom stereocenters. The Morgan fingerprint density at radius 2 is 1.80 bits per heavy atom. The summed E-state index contributed by atoms with van der Waals surface area (Å²) in [5.74, 6) is -0.0990. The molecular weight excluding hydrogens is 412 g/mol. The van der Waals surface area contributed by atoms with E-state index in [4.69, 9.17) is 4.74 Å². The number of hydrogen-bond donors (Lipinski definition) is 1. The number of nitrogens with zero attached hydrogens (tertiary/aromatic N) is 3. The first kappa shape index (κ1) is 21.7. The zero-order chi connectivity index (χ0) is 21.7. The van der Waals surface area contributed by atoms with E-state index in [1.54, 1.807) is 30.3 Å². The number of methoxy groups -OCH3 is 1. The molecule has 0 unspecified atom stereocenters. The van der Waals surface area contributed by atoms with Gasteiger partial charge in [-0.2, -0.15) is 4.31 Å². The van der Waals surface area contributed by atoms with Crippen molar-refractivity contribution in [3.05, 3.63) is 58.6 Å². The lowest BCUT2D eigenvalue weighted by molar-refractivity contribution is -0.384. The zero-order valence-electron chi connectivity index (χ0n) is 16.4. The number of carbonyl (C=O) groups is 1. The second-order valence-corrected chi connectivity index (χ2v) is 8.62. The van der Waals surface area contributed by atoms with Gasteiger partial charge in [-0.1, -0.05) is 18.2 Å². The fourth-order valence-electron chi connectivity index (χ4n) is 3.16. The van der Waals surface area contributed by atoms with Crippen molar-refractivity contribution in [2.75, 3.05) is 45.2 Å². The normalized spacial score (nSPS) is 15.5. The van der Waals surface area contributed by atoms with E-state index >= 15 is 0 Å². The van der Waals surface area contributed by atoms with Crippen LogP contribution >= 0.6 is 0 Å². The third kappa shape index (κ3) is 4.93. The van der Waals surface area contributed by atoms with Crippen LogP contribution in [0.25, 0.3) is 0 Å². The van der Waals surface area contributed by atoms with Crippen molar-refractivity contribution in [1.29, 1.82) is 0 Å². The van der Waals surface area contributed by atoms with Crippen molar-refractivity contribution < 1.29 is 22.9 Å². The number of nitro benzene ring substituents is 1. The standard InChI is InChI=1S/C19H22N4O6S/c1-29-15-7-8-17(18(13-15)23(25)26)20-19(24)14-21-9-11-22(12-10-21)30(27,28)16-5-3-2-4-6-16/h2-8,13H,9-12,14H2,1H3,(H,20,24). The summed E-state index contributed by atoms with van der Waals surface area (Å²) < 4.78 is 31.7. The molecule has 0 spiro atoms. The summed E-state index contributed by atoms with van der Waals surface area (Å²) in [7, 11) is -2.17. The minimum absolute atomic E-state index is 0.00239. The van der Waals surface area contributed by atoms with E-state index in [2.05, 4.69) is 5.32 Å². The van der Waals surface area contributed by atoms with Gasteiger partial charge in [-0.3, -0.25) is 19.8 Å². The van der Waals surface area contributed by atoms with E-state index in [1.807, 2.05) is 4.90 Å². The largest absolute Gasteiger partial charge is 0.496 e. The van der Waals surface area contributed by atoms with Crippen LogP contribution in [0.1, 0.15) is 0 Å². The summed E-state index contributed by atoms with van der Waals surface area (Å²) in [6, 6.07) is 12.4. The lowest BCUT2D eigenvalue weighted by Crippen LogP contribution is -2.50. The van der Waals surface area contributed by atoms with Gasteiger partial charge in [0, 0.05) is 26.2 Å². The molecule has 1 aliphatic rings. The molecule has 1 N–H and O–H groups in total. The maximum Gasteiger partial charge on any atom is 0.296 e. The van der Waals surface area contributed by atoms with Crippen LogP contribution in [0, 0.1) is 10.1 Å².